The van der Waals surface area contributed by atoms with Gasteiger partial charge in [-0.3, -0.25) is 4.79 Å². The molecule has 0 aliphatic carbocycles. The first-order valence-corrected chi connectivity index (χ1v) is 6.13. The lowest BCUT2D eigenvalue weighted by atomic mass is 9.98. The van der Waals surface area contributed by atoms with Crippen molar-refractivity contribution in [2.24, 2.45) is 0 Å². The summed E-state index contributed by atoms with van der Waals surface area (Å²) in [7, 11) is 0. The van der Waals surface area contributed by atoms with Crippen molar-refractivity contribution in [3.05, 3.63) is 53.6 Å². The molecule has 0 atom stereocenters. The van der Waals surface area contributed by atoms with Gasteiger partial charge in [-0.05, 0) is 29.3 Å². The number of ether oxygens (including phenoxy) is 1. The number of hydrogen-bond acceptors (Lipinski definition) is 2. The molecule has 0 aliphatic heterocycles. The highest BCUT2D eigenvalue weighted by molar-refractivity contribution is 5.91. The SMILES string of the molecule is O=Cc1c(OC(F)(F)F)cccc1-c1cccc(C(F)(F)F)c1. The third-order valence-electron chi connectivity index (χ3n) is 2.91. The third-order valence-corrected chi connectivity index (χ3v) is 2.91. The van der Waals surface area contributed by atoms with Gasteiger partial charge in [0, 0.05) is 0 Å². The van der Waals surface area contributed by atoms with Crippen LogP contribution in [0, 0.1) is 0 Å². The number of aldehydes is 1. The van der Waals surface area contributed by atoms with Gasteiger partial charge in [-0.2, -0.15) is 13.2 Å². The molecule has 0 unspecified atom stereocenters. The second-order valence-electron chi connectivity index (χ2n) is 4.46. The zero-order valence-electron chi connectivity index (χ0n) is 11.2. The van der Waals surface area contributed by atoms with Crippen LogP contribution in [0.3, 0.4) is 0 Å². The number of halogens is 6. The van der Waals surface area contributed by atoms with Gasteiger partial charge in [0.2, 0.25) is 0 Å². The maximum absolute atomic E-state index is 12.7. The molecule has 0 heterocycles. The zero-order valence-corrected chi connectivity index (χ0v) is 11.2. The van der Waals surface area contributed by atoms with Crippen LogP contribution in [0.2, 0.25) is 0 Å². The van der Waals surface area contributed by atoms with E-state index in [0.29, 0.717) is 0 Å². The van der Waals surface area contributed by atoms with Crippen molar-refractivity contribution in [3.63, 3.8) is 0 Å². The predicted molar refractivity (Wildman–Crippen MR) is 69.0 cm³/mol. The number of rotatable bonds is 3. The number of alkyl halides is 6. The molecule has 2 aromatic rings. The minimum absolute atomic E-state index is 0.0467. The number of carbonyl (C=O) groups is 1. The normalized spacial score (nSPS) is 12.1. The fourth-order valence-corrected chi connectivity index (χ4v) is 1.99. The van der Waals surface area contributed by atoms with Crippen molar-refractivity contribution in [1.29, 1.82) is 0 Å². The van der Waals surface area contributed by atoms with E-state index in [1.54, 1.807) is 0 Å². The summed E-state index contributed by atoms with van der Waals surface area (Å²) in [5, 5.41) is 0. The van der Waals surface area contributed by atoms with Crippen LogP contribution >= 0.6 is 0 Å². The van der Waals surface area contributed by atoms with E-state index in [4.69, 9.17) is 0 Å². The number of benzene rings is 2. The molecule has 0 saturated heterocycles. The molecule has 23 heavy (non-hydrogen) atoms. The molecule has 2 aromatic carbocycles. The highest BCUT2D eigenvalue weighted by Gasteiger charge is 2.33. The van der Waals surface area contributed by atoms with Crippen molar-refractivity contribution < 1.29 is 35.9 Å². The molecule has 2 rings (SSSR count). The van der Waals surface area contributed by atoms with Gasteiger partial charge >= 0.3 is 12.5 Å². The summed E-state index contributed by atoms with van der Waals surface area (Å²) >= 11 is 0. The molecule has 0 bridgehead atoms. The van der Waals surface area contributed by atoms with Crippen LogP contribution in [0.4, 0.5) is 26.3 Å². The highest BCUT2D eigenvalue weighted by atomic mass is 19.4. The smallest absolute Gasteiger partial charge is 0.405 e. The van der Waals surface area contributed by atoms with Crippen molar-refractivity contribution in [2.45, 2.75) is 12.5 Å². The van der Waals surface area contributed by atoms with Gasteiger partial charge in [0.15, 0.2) is 6.29 Å². The number of hydrogen-bond donors (Lipinski definition) is 0. The van der Waals surface area contributed by atoms with E-state index in [2.05, 4.69) is 4.74 Å². The first kappa shape index (κ1) is 16.9. The standard InChI is InChI=1S/C15H8F6O2/c16-14(17,18)10-4-1-3-9(7-10)11-5-2-6-13(12(11)8-22)23-15(19,20)21/h1-8H. The third kappa shape index (κ3) is 4.02. The zero-order chi connectivity index (χ0) is 17.3. The molecule has 0 spiro atoms. The van der Waals surface area contributed by atoms with Gasteiger partial charge in [-0.25, -0.2) is 0 Å². The minimum atomic E-state index is -5.02. The van der Waals surface area contributed by atoms with Gasteiger partial charge in [-0.15, -0.1) is 13.2 Å². The van der Waals surface area contributed by atoms with Crippen LogP contribution in [-0.2, 0) is 6.18 Å². The largest absolute Gasteiger partial charge is 0.573 e. The molecule has 0 aromatic heterocycles. The summed E-state index contributed by atoms with van der Waals surface area (Å²) in [6, 6.07) is 7.24. The van der Waals surface area contributed by atoms with E-state index in [-0.39, 0.29) is 17.4 Å². The fourth-order valence-electron chi connectivity index (χ4n) is 1.99. The summed E-state index contributed by atoms with van der Waals surface area (Å²) in [6.45, 7) is 0. The predicted octanol–water partition coefficient (Wildman–Crippen LogP) is 5.08. The van der Waals surface area contributed by atoms with Crippen molar-refractivity contribution in [1.82, 2.24) is 0 Å². The van der Waals surface area contributed by atoms with E-state index in [1.165, 1.54) is 12.1 Å². The van der Waals surface area contributed by atoms with Crippen LogP contribution in [0.5, 0.6) is 5.75 Å². The number of carbonyl (C=O) groups excluding carboxylic acids is 1. The van der Waals surface area contributed by atoms with E-state index in [1.807, 2.05) is 0 Å². The Balaban J connectivity index is 2.56. The van der Waals surface area contributed by atoms with Crippen molar-refractivity contribution in [3.8, 4) is 16.9 Å². The first-order chi connectivity index (χ1) is 10.6. The van der Waals surface area contributed by atoms with Crippen LogP contribution in [0.15, 0.2) is 42.5 Å². The Morgan fingerprint density at radius 2 is 1.57 bits per heavy atom. The monoisotopic (exact) mass is 334 g/mol. The Morgan fingerprint density at radius 3 is 2.13 bits per heavy atom. The second kappa shape index (κ2) is 5.94. The molecule has 0 N–H and O–H groups in total. The molecule has 8 heteroatoms. The quantitative estimate of drug-likeness (QED) is 0.578. The average Bonchev–Trinajstić information content (AvgIpc) is 2.44. The van der Waals surface area contributed by atoms with Crippen molar-refractivity contribution >= 4 is 6.29 Å². The Kier molecular flexibility index (Phi) is 4.35. The Morgan fingerprint density at radius 1 is 0.913 bits per heavy atom. The molecule has 0 saturated carbocycles. The lowest BCUT2D eigenvalue weighted by molar-refractivity contribution is -0.274. The molecule has 0 amide bonds. The molecule has 0 aliphatic rings. The molecular weight excluding hydrogens is 326 g/mol. The molecule has 2 nitrogen and oxygen atoms in total. The molecule has 122 valence electrons. The average molecular weight is 334 g/mol. The molecular formula is C15H8F6O2. The van der Waals surface area contributed by atoms with Crippen LogP contribution in [-0.4, -0.2) is 12.6 Å². The summed E-state index contributed by atoms with van der Waals surface area (Å²) in [6.07, 6.45) is -9.53. The Labute approximate surface area is 126 Å². The van der Waals surface area contributed by atoms with Gasteiger partial charge in [0.1, 0.15) is 5.75 Å². The molecule has 0 radical (unpaired) electrons. The highest BCUT2D eigenvalue weighted by Crippen LogP contribution is 2.36. The summed E-state index contributed by atoms with van der Waals surface area (Å²) in [5.74, 6) is -0.776. The van der Waals surface area contributed by atoms with E-state index >= 15 is 0 Å². The summed E-state index contributed by atoms with van der Waals surface area (Å²) in [5.41, 5.74) is -1.60. The Bertz CT molecular complexity index is 719. The van der Waals surface area contributed by atoms with Crippen LogP contribution in [0.25, 0.3) is 11.1 Å². The lowest BCUT2D eigenvalue weighted by Crippen LogP contribution is -2.18. The summed E-state index contributed by atoms with van der Waals surface area (Å²) < 4.78 is 78.9. The maximum atomic E-state index is 12.7. The van der Waals surface area contributed by atoms with Crippen molar-refractivity contribution in [2.75, 3.05) is 0 Å². The van der Waals surface area contributed by atoms with E-state index < -0.39 is 29.4 Å². The summed E-state index contributed by atoms with van der Waals surface area (Å²) in [4.78, 5) is 11.1. The van der Waals surface area contributed by atoms with Gasteiger partial charge < -0.3 is 4.74 Å². The minimum Gasteiger partial charge on any atom is -0.405 e. The maximum Gasteiger partial charge on any atom is 0.573 e. The Hall–Kier alpha value is -2.51. The van der Waals surface area contributed by atoms with Gasteiger partial charge in [0.25, 0.3) is 0 Å². The fraction of sp³-hybridized carbons (Fsp3) is 0.133. The van der Waals surface area contributed by atoms with Crippen LogP contribution < -0.4 is 4.74 Å². The van der Waals surface area contributed by atoms with E-state index in [0.717, 1.165) is 30.3 Å². The van der Waals surface area contributed by atoms with E-state index in [9.17, 15) is 31.1 Å². The molecule has 0 fully saturated rings. The lowest BCUT2D eigenvalue weighted by Gasteiger charge is -2.14. The second-order valence-corrected chi connectivity index (χ2v) is 4.46. The van der Waals surface area contributed by atoms with Gasteiger partial charge in [0.05, 0.1) is 11.1 Å². The van der Waals surface area contributed by atoms with Crippen LogP contribution in [0.1, 0.15) is 15.9 Å². The first-order valence-electron chi connectivity index (χ1n) is 6.13. The topological polar surface area (TPSA) is 26.3 Å². The van der Waals surface area contributed by atoms with Gasteiger partial charge in [-0.1, -0.05) is 24.3 Å².